The van der Waals surface area contributed by atoms with Crippen molar-refractivity contribution in [3.8, 4) is 22.4 Å². The second-order valence-electron chi connectivity index (χ2n) is 6.30. The molecule has 0 aliphatic rings. The molecule has 1 heterocycles. The summed E-state index contributed by atoms with van der Waals surface area (Å²) in [6.07, 6.45) is 0. The van der Waals surface area contributed by atoms with Gasteiger partial charge in [0.2, 0.25) is 0 Å². The van der Waals surface area contributed by atoms with E-state index in [0.717, 1.165) is 27.6 Å². The maximum absolute atomic E-state index is 11.7. The van der Waals surface area contributed by atoms with Gasteiger partial charge in [0.1, 0.15) is 0 Å². The van der Waals surface area contributed by atoms with Crippen LogP contribution in [0, 0.1) is 6.92 Å². The van der Waals surface area contributed by atoms with Crippen molar-refractivity contribution in [3.63, 3.8) is 0 Å². The van der Waals surface area contributed by atoms with Gasteiger partial charge in [-0.2, -0.15) is 0 Å². The summed E-state index contributed by atoms with van der Waals surface area (Å²) in [5.74, 6) is -0.953. The van der Waals surface area contributed by atoms with E-state index in [0.29, 0.717) is 11.3 Å². The minimum Gasteiger partial charge on any atom is -0.478 e. The number of rotatable bonds is 3. The number of aryl methyl sites for hydroxylation is 1. The van der Waals surface area contributed by atoms with Gasteiger partial charge in [-0.3, -0.25) is 0 Å². The van der Waals surface area contributed by atoms with Gasteiger partial charge < -0.3 is 5.11 Å². The number of carboxylic acids is 1. The Hall–Kier alpha value is -3.46. The molecule has 0 aliphatic carbocycles. The molecule has 1 N–H and O–H groups in total. The topological polar surface area (TPSA) is 50.2 Å². The lowest BCUT2D eigenvalue weighted by Crippen LogP contribution is -2.01. The van der Waals surface area contributed by atoms with Crippen LogP contribution in [0.15, 0.2) is 78.9 Å². The Morgan fingerprint density at radius 3 is 2.35 bits per heavy atom. The number of carbonyl (C=O) groups is 1. The minimum atomic E-state index is -0.953. The van der Waals surface area contributed by atoms with Crippen molar-refractivity contribution in [2.24, 2.45) is 0 Å². The predicted octanol–water partition coefficient (Wildman–Crippen LogP) is 5.58. The monoisotopic (exact) mass is 339 g/mol. The number of aromatic carboxylic acids is 1. The van der Waals surface area contributed by atoms with Gasteiger partial charge in [0.25, 0.3) is 0 Å². The summed E-state index contributed by atoms with van der Waals surface area (Å²) in [7, 11) is 0. The van der Waals surface area contributed by atoms with Gasteiger partial charge in [0.05, 0.1) is 16.8 Å². The third-order valence-corrected chi connectivity index (χ3v) is 4.47. The second kappa shape index (κ2) is 6.45. The summed E-state index contributed by atoms with van der Waals surface area (Å²) < 4.78 is 0. The molecular formula is C23H17NO2. The Kier molecular flexibility index (Phi) is 3.98. The first-order chi connectivity index (χ1) is 12.6. The summed E-state index contributed by atoms with van der Waals surface area (Å²) in [6, 6.07) is 25.2. The molecule has 0 fully saturated rings. The van der Waals surface area contributed by atoms with Crippen LogP contribution in [-0.4, -0.2) is 16.1 Å². The zero-order valence-corrected chi connectivity index (χ0v) is 14.3. The molecule has 0 aliphatic heterocycles. The smallest absolute Gasteiger partial charge is 0.336 e. The molecule has 126 valence electrons. The number of aromatic nitrogens is 1. The number of hydrogen-bond donors (Lipinski definition) is 1. The van der Waals surface area contributed by atoms with Crippen molar-refractivity contribution in [3.05, 3.63) is 90.0 Å². The normalized spacial score (nSPS) is 10.8. The molecule has 1 aromatic heterocycles. The summed E-state index contributed by atoms with van der Waals surface area (Å²) in [6.45, 7) is 2.05. The van der Waals surface area contributed by atoms with Crippen molar-refractivity contribution in [2.45, 2.75) is 6.92 Å². The van der Waals surface area contributed by atoms with Gasteiger partial charge in [0, 0.05) is 16.5 Å². The van der Waals surface area contributed by atoms with E-state index in [1.54, 1.807) is 12.1 Å². The quantitative estimate of drug-likeness (QED) is 0.530. The molecular weight excluding hydrogens is 322 g/mol. The molecule has 0 atom stereocenters. The van der Waals surface area contributed by atoms with E-state index in [9.17, 15) is 9.90 Å². The molecule has 0 radical (unpaired) electrons. The highest BCUT2D eigenvalue weighted by Crippen LogP contribution is 2.35. The SMILES string of the molecule is Cc1ccc2nc(-c3ccccc3C(=O)O)c(-c3ccccc3)cc2c1. The van der Waals surface area contributed by atoms with Crippen molar-refractivity contribution >= 4 is 16.9 Å². The number of fused-ring (bicyclic) bond motifs is 1. The highest BCUT2D eigenvalue weighted by Gasteiger charge is 2.17. The third kappa shape index (κ3) is 2.84. The highest BCUT2D eigenvalue weighted by atomic mass is 16.4. The molecule has 0 saturated carbocycles. The van der Waals surface area contributed by atoms with Crippen LogP contribution in [0.2, 0.25) is 0 Å². The fourth-order valence-electron chi connectivity index (χ4n) is 3.22. The van der Waals surface area contributed by atoms with E-state index < -0.39 is 5.97 Å². The maximum Gasteiger partial charge on any atom is 0.336 e. The standard InChI is InChI=1S/C23H17NO2/c1-15-11-12-21-17(13-15)14-20(16-7-3-2-4-8-16)22(24-21)18-9-5-6-10-19(18)23(25)26/h2-14H,1H3,(H,25,26). The van der Waals surface area contributed by atoms with E-state index >= 15 is 0 Å². The fraction of sp³-hybridized carbons (Fsp3) is 0.0435. The van der Waals surface area contributed by atoms with Gasteiger partial charge in [-0.25, -0.2) is 9.78 Å². The molecule has 0 amide bonds. The van der Waals surface area contributed by atoms with Crippen molar-refractivity contribution in [1.82, 2.24) is 4.98 Å². The second-order valence-corrected chi connectivity index (χ2v) is 6.30. The molecule has 4 rings (SSSR count). The zero-order chi connectivity index (χ0) is 18.1. The molecule has 0 saturated heterocycles. The van der Waals surface area contributed by atoms with Gasteiger partial charge in [-0.15, -0.1) is 0 Å². The zero-order valence-electron chi connectivity index (χ0n) is 14.3. The van der Waals surface area contributed by atoms with E-state index in [1.807, 2.05) is 54.6 Å². The molecule has 0 spiro atoms. The summed E-state index contributed by atoms with van der Waals surface area (Å²) in [5.41, 5.74) is 5.52. The Balaban J connectivity index is 2.08. The Morgan fingerprint density at radius 2 is 1.58 bits per heavy atom. The molecule has 26 heavy (non-hydrogen) atoms. The van der Waals surface area contributed by atoms with Crippen LogP contribution in [-0.2, 0) is 0 Å². The van der Waals surface area contributed by atoms with E-state index in [2.05, 4.69) is 19.1 Å². The minimum absolute atomic E-state index is 0.253. The lowest BCUT2D eigenvalue weighted by molar-refractivity contribution is 0.0697. The van der Waals surface area contributed by atoms with Crippen LogP contribution in [0.25, 0.3) is 33.3 Å². The summed E-state index contributed by atoms with van der Waals surface area (Å²) >= 11 is 0. The van der Waals surface area contributed by atoms with Crippen LogP contribution in [0.4, 0.5) is 0 Å². The number of hydrogen-bond acceptors (Lipinski definition) is 2. The third-order valence-electron chi connectivity index (χ3n) is 4.47. The summed E-state index contributed by atoms with van der Waals surface area (Å²) in [4.78, 5) is 16.6. The molecule has 3 heteroatoms. The van der Waals surface area contributed by atoms with E-state index in [4.69, 9.17) is 4.98 Å². The molecule has 3 nitrogen and oxygen atoms in total. The van der Waals surface area contributed by atoms with Crippen LogP contribution in [0.5, 0.6) is 0 Å². The maximum atomic E-state index is 11.7. The largest absolute Gasteiger partial charge is 0.478 e. The van der Waals surface area contributed by atoms with Crippen LogP contribution in [0.3, 0.4) is 0 Å². The van der Waals surface area contributed by atoms with Crippen molar-refractivity contribution in [1.29, 1.82) is 0 Å². The Bertz CT molecular complexity index is 1120. The summed E-state index contributed by atoms with van der Waals surface area (Å²) in [5, 5.41) is 10.7. The van der Waals surface area contributed by atoms with Crippen LogP contribution in [0.1, 0.15) is 15.9 Å². The molecule has 0 unspecified atom stereocenters. The predicted molar refractivity (Wildman–Crippen MR) is 104 cm³/mol. The first-order valence-corrected chi connectivity index (χ1v) is 8.43. The first-order valence-electron chi connectivity index (χ1n) is 8.43. The Labute approximate surface area is 151 Å². The van der Waals surface area contributed by atoms with Crippen molar-refractivity contribution in [2.75, 3.05) is 0 Å². The fourth-order valence-corrected chi connectivity index (χ4v) is 3.22. The lowest BCUT2D eigenvalue weighted by atomic mass is 9.94. The molecule has 3 aromatic carbocycles. The highest BCUT2D eigenvalue weighted by molar-refractivity contribution is 6.00. The molecule has 0 bridgehead atoms. The average molecular weight is 339 g/mol. The first kappa shape index (κ1) is 16.0. The number of benzene rings is 3. The van der Waals surface area contributed by atoms with Gasteiger partial charge in [0.15, 0.2) is 0 Å². The van der Waals surface area contributed by atoms with Gasteiger partial charge >= 0.3 is 5.97 Å². The van der Waals surface area contributed by atoms with Crippen LogP contribution >= 0.6 is 0 Å². The van der Waals surface area contributed by atoms with Gasteiger partial charge in [-0.05, 0) is 36.8 Å². The number of nitrogens with zero attached hydrogens (tertiary/aromatic N) is 1. The number of carboxylic acid groups (broad SMARTS) is 1. The Morgan fingerprint density at radius 1 is 0.846 bits per heavy atom. The van der Waals surface area contributed by atoms with Gasteiger partial charge in [-0.1, -0.05) is 60.2 Å². The molecule has 4 aromatic rings. The number of pyridine rings is 1. The van der Waals surface area contributed by atoms with E-state index in [-0.39, 0.29) is 5.56 Å². The lowest BCUT2D eigenvalue weighted by Gasteiger charge is -2.13. The van der Waals surface area contributed by atoms with Crippen molar-refractivity contribution < 1.29 is 9.90 Å². The van der Waals surface area contributed by atoms with E-state index in [1.165, 1.54) is 0 Å². The van der Waals surface area contributed by atoms with Crippen LogP contribution < -0.4 is 0 Å². The average Bonchev–Trinajstić information content (AvgIpc) is 2.67.